The van der Waals surface area contributed by atoms with Crippen molar-refractivity contribution >= 4 is 45.1 Å². The normalized spacial score (nSPS) is 14.7. The molecular formula is C38H26ClN5. The Kier molecular flexibility index (Phi) is 6.51. The molecule has 1 aliphatic heterocycles. The molecule has 3 heterocycles. The number of rotatable bonds is 5. The Morgan fingerprint density at radius 3 is 2.02 bits per heavy atom. The Hall–Kier alpha value is -5.52. The zero-order valence-corrected chi connectivity index (χ0v) is 24.4. The number of fused-ring (bicyclic) bond motifs is 3. The maximum absolute atomic E-state index is 6.80. The van der Waals surface area contributed by atoms with Crippen LogP contribution in [0.1, 0.15) is 22.9 Å². The van der Waals surface area contributed by atoms with E-state index in [1.807, 2.05) is 72.9 Å². The number of pyridine rings is 1. The third kappa shape index (κ3) is 4.74. The Labute approximate surface area is 259 Å². The summed E-state index contributed by atoms with van der Waals surface area (Å²) >= 11 is 6.80. The van der Waals surface area contributed by atoms with Crippen LogP contribution in [0.2, 0.25) is 5.02 Å². The second kappa shape index (κ2) is 11.0. The highest BCUT2D eigenvalue weighted by atomic mass is 35.5. The molecule has 0 bridgehead atoms. The lowest BCUT2D eigenvalue weighted by atomic mass is 10.00. The lowest BCUT2D eigenvalue weighted by molar-refractivity contribution is 0.756. The quantitative estimate of drug-likeness (QED) is 0.218. The molecule has 0 fully saturated rings. The van der Waals surface area contributed by atoms with Gasteiger partial charge in [0.05, 0.1) is 11.0 Å². The Morgan fingerprint density at radius 2 is 1.23 bits per heavy atom. The summed E-state index contributed by atoms with van der Waals surface area (Å²) in [6, 6.07) is 47.4. The van der Waals surface area contributed by atoms with Gasteiger partial charge in [0.15, 0.2) is 6.17 Å². The van der Waals surface area contributed by atoms with Crippen LogP contribution in [-0.2, 0) is 0 Å². The number of benzene rings is 5. The fraction of sp³-hybridized carbons (Fsp3) is 0.0263. The molecule has 44 heavy (non-hydrogen) atoms. The van der Waals surface area contributed by atoms with Crippen molar-refractivity contribution in [3.63, 3.8) is 0 Å². The molecule has 1 unspecified atom stereocenters. The molecule has 0 amide bonds. The molecule has 0 spiro atoms. The van der Waals surface area contributed by atoms with Crippen molar-refractivity contribution in [3.05, 3.63) is 167 Å². The number of para-hydroxylation sites is 1. The molecule has 0 radical (unpaired) electrons. The third-order valence-corrected chi connectivity index (χ3v) is 8.16. The standard InChI is InChI=1S/C38H26ClN5/c39-30-22-28(27-18-19-34-32(24-27)31-15-7-8-16-33(31)44(34)35-17-9-10-20-40-35)21-29(23-30)38-42-36(25-11-3-1-4-12-25)41-37(43-38)26-13-5-2-6-14-26/h1-24,36H,(H,41,42,43). The van der Waals surface area contributed by atoms with Gasteiger partial charge in [-0.3, -0.25) is 4.57 Å². The summed E-state index contributed by atoms with van der Waals surface area (Å²) in [5.74, 6) is 2.39. The number of amidine groups is 2. The maximum Gasteiger partial charge on any atom is 0.169 e. The first-order valence-electron chi connectivity index (χ1n) is 14.5. The summed E-state index contributed by atoms with van der Waals surface area (Å²) in [5, 5.41) is 6.46. The summed E-state index contributed by atoms with van der Waals surface area (Å²) in [7, 11) is 0. The summed E-state index contributed by atoms with van der Waals surface area (Å²) in [5.41, 5.74) is 7.21. The van der Waals surface area contributed by atoms with E-state index in [1.165, 1.54) is 5.39 Å². The third-order valence-electron chi connectivity index (χ3n) is 7.94. The number of nitrogens with one attached hydrogen (secondary N) is 1. The Balaban J connectivity index is 1.24. The molecule has 0 saturated heterocycles. The van der Waals surface area contributed by atoms with Crippen molar-refractivity contribution in [1.29, 1.82) is 0 Å². The summed E-state index contributed by atoms with van der Waals surface area (Å²) in [4.78, 5) is 14.7. The van der Waals surface area contributed by atoms with E-state index in [9.17, 15) is 0 Å². The number of aromatic nitrogens is 2. The van der Waals surface area contributed by atoms with Crippen LogP contribution < -0.4 is 5.32 Å². The summed E-state index contributed by atoms with van der Waals surface area (Å²) in [6.45, 7) is 0. The number of aliphatic imine (C=N–C) groups is 2. The lowest BCUT2D eigenvalue weighted by Gasteiger charge is -2.22. The number of hydrogen-bond donors (Lipinski definition) is 1. The molecule has 1 atom stereocenters. The van der Waals surface area contributed by atoms with Crippen LogP contribution in [0, 0.1) is 0 Å². The minimum atomic E-state index is -0.376. The maximum atomic E-state index is 6.80. The zero-order valence-electron chi connectivity index (χ0n) is 23.6. The first-order valence-corrected chi connectivity index (χ1v) is 14.9. The first-order chi connectivity index (χ1) is 21.7. The van der Waals surface area contributed by atoms with Gasteiger partial charge in [0.1, 0.15) is 17.5 Å². The summed E-state index contributed by atoms with van der Waals surface area (Å²) < 4.78 is 2.21. The van der Waals surface area contributed by atoms with Gasteiger partial charge in [-0.05, 0) is 65.2 Å². The molecule has 6 heteroatoms. The van der Waals surface area contributed by atoms with E-state index in [4.69, 9.17) is 21.6 Å². The fourth-order valence-corrected chi connectivity index (χ4v) is 6.13. The van der Waals surface area contributed by atoms with E-state index >= 15 is 0 Å². The van der Waals surface area contributed by atoms with Gasteiger partial charge >= 0.3 is 0 Å². The zero-order chi connectivity index (χ0) is 29.5. The molecule has 210 valence electrons. The number of hydrogen-bond acceptors (Lipinski definition) is 4. The van der Waals surface area contributed by atoms with E-state index in [-0.39, 0.29) is 6.17 Å². The van der Waals surface area contributed by atoms with Crippen LogP contribution >= 0.6 is 11.6 Å². The van der Waals surface area contributed by atoms with Crippen molar-refractivity contribution in [2.45, 2.75) is 6.17 Å². The molecular weight excluding hydrogens is 562 g/mol. The van der Waals surface area contributed by atoms with E-state index in [0.717, 1.165) is 61.7 Å². The van der Waals surface area contributed by atoms with Gasteiger partial charge < -0.3 is 5.32 Å². The Morgan fingerprint density at radius 1 is 0.545 bits per heavy atom. The van der Waals surface area contributed by atoms with Crippen molar-refractivity contribution in [2.24, 2.45) is 9.98 Å². The van der Waals surface area contributed by atoms with Gasteiger partial charge in [0, 0.05) is 33.1 Å². The molecule has 5 aromatic carbocycles. The predicted molar refractivity (Wildman–Crippen MR) is 181 cm³/mol. The van der Waals surface area contributed by atoms with Crippen molar-refractivity contribution in [2.75, 3.05) is 0 Å². The second-order valence-corrected chi connectivity index (χ2v) is 11.2. The smallest absolute Gasteiger partial charge is 0.169 e. The van der Waals surface area contributed by atoms with E-state index in [2.05, 4.69) is 87.7 Å². The Bertz CT molecular complexity index is 2200. The van der Waals surface area contributed by atoms with Crippen LogP contribution in [0.4, 0.5) is 0 Å². The molecule has 0 saturated carbocycles. The highest BCUT2D eigenvalue weighted by Gasteiger charge is 2.21. The number of nitrogens with zero attached hydrogens (tertiary/aromatic N) is 4. The first kappa shape index (κ1) is 26.1. The molecule has 1 N–H and O–H groups in total. The van der Waals surface area contributed by atoms with Crippen LogP contribution in [0.25, 0.3) is 38.8 Å². The average Bonchev–Trinajstić information content (AvgIpc) is 3.43. The molecule has 8 rings (SSSR count). The molecule has 1 aliphatic rings. The number of halogens is 1. The van der Waals surface area contributed by atoms with Crippen LogP contribution in [0.15, 0.2) is 156 Å². The van der Waals surface area contributed by atoms with Crippen LogP contribution in [-0.4, -0.2) is 21.2 Å². The van der Waals surface area contributed by atoms with Gasteiger partial charge in [-0.2, -0.15) is 0 Å². The van der Waals surface area contributed by atoms with Gasteiger partial charge in [-0.15, -0.1) is 0 Å². The van der Waals surface area contributed by atoms with E-state index in [1.54, 1.807) is 0 Å². The molecule has 0 aliphatic carbocycles. The van der Waals surface area contributed by atoms with Crippen molar-refractivity contribution in [3.8, 4) is 16.9 Å². The predicted octanol–water partition coefficient (Wildman–Crippen LogP) is 8.99. The molecule has 7 aromatic rings. The van der Waals surface area contributed by atoms with E-state index in [0.29, 0.717) is 5.02 Å². The van der Waals surface area contributed by atoms with Gasteiger partial charge in [-0.25, -0.2) is 15.0 Å². The van der Waals surface area contributed by atoms with Crippen LogP contribution in [0.5, 0.6) is 0 Å². The van der Waals surface area contributed by atoms with Gasteiger partial charge in [0.2, 0.25) is 0 Å². The van der Waals surface area contributed by atoms with E-state index < -0.39 is 0 Å². The second-order valence-electron chi connectivity index (χ2n) is 10.7. The van der Waals surface area contributed by atoms with Crippen molar-refractivity contribution < 1.29 is 0 Å². The molecule has 2 aromatic heterocycles. The minimum Gasteiger partial charge on any atom is -0.324 e. The van der Waals surface area contributed by atoms with Crippen LogP contribution in [0.3, 0.4) is 0 Å². The van der Waals surface area contributed by atoms with Gasteiger partial charge in [-0.1, -0.05) is 103 Å². The minimum absolute atomic E-state index is 0.376. The largest absolute Gasteiger partial charge is 0.324 e. The SMILES string of the molecule is Clc1cc(C2=NC(c3ccccc3)N=C(c3ccccc3)N2)cc(-c2ccc3c(c2)c2ccccc2n3-c2ccccn2)c1. The molecule has 5 nitrogen and oxygen atoms in total. The highest BCUT2D eigenvalue weighted by Crippen LogP contribution is 2.35. The topological polar surface area (TPSA) is 54.6 Å². The highest BCUT2D eigenvalue weighted by molar-refractivity contribution is 6.31. The van der Waals surface area contributed by atoms with Gasteiger partial charge in [0.25, 0.3) is 0 Å². The summed E-state index contributed by atoms with van der Waals surface area (Å²) in [6.07, 6.45) is 1.45. The average molecular weight is 588 g/mol. The lowest BCUT2D eigenvalue weighted by Crippen LogP contribution is -2.36. The fourth-order valence-electron chi connectivity index (χ4n) is 5.89. The van der Waals surface area contributed by atoms with Crippen molar-refractivity contribution in [1.82, 2.24) is 14.9 Å². The monoisotopic (exact) mass is 587 g/mol.